The average Bonchev–Trinajstić information content (AvgIpc) is 3.06. The average molecular weight is 644 g/mol. The van der Waals surface area contributed by atoms with Crippen molar-refractivity contribution in [3.05, 3.63) is 120 Å². The zero-order chi connectivity index (χ0) is 33.3. The molecule has 4 rings (SSSR count). The Balaban J connectivity index is 1.80. The maximum atomic E-state index is 14.5. The molecule has 0 bridgehead atoms. The number of anilines is 1. The molecule has 1 N–H and O–H groups in total. The van der Waals surface area contributed by atoms with Crippen LogP contribution in [0.5, 0.6) is 11.5 Å². The van der Waals surface area contributed by atoms with Gasteiger partial charge in [0, 0.05) is 25.1 Å². The zero-order valence-corrected chi connectivity index (χ0v) is 27.7. The number of carbonyl (C=O) groups is 2. The molecule has 4 aromatic rings. The highest BCUT2D eigenvalue weighted by Crippen LogP contribution is 2.32. The normalized spacial score (nSPS) is 11.9. The first-order chi connectivity index (χ1) is 22.0. The molecule has 0 aromatic heterocycles. The third-order valence-corrected chi connectivity index (χ3v) is 9.21. The molecule has 1 atom stereocenters. The third-order valence-electron chi connectivity index (χ3n) is 7.44. The number of hydrogen-bond acceptors (Lipinski definition) is 6. The van der Waals surface area contributed by atoms with Gasteiger partial charge < -0.3 is 19.7 Å². The Morgan fingerprint density at radius 3 is 1.98 bits per heavy atom. The van der Waals surface area contributed by atoms with Crippen LogP contribution in [0.2, 0.25) is 0 Å². The Morgan fingerprint density at radius 1 is 0.783 bits per heavy atom. The van der Waals surface area contributed by atoms with Gasteiger partial charge in [-0.05, 0) is 56.2 Å². The van der Waals surface area contributed by atoms with Gasteiger partial charge in [-0.25, -0.2) is 8.42 Å². The Labute approximate surface area is 271 Å². The predicted molar refractivity (Wildman–Crippen MR) is 179 cm³/mol. The molecule has 0 heterocycles. The van der Waals surface area contributed by atoms with Crippen molar-refractivity contribution in [2.75, 3.05) is 25.1 Å². The molecule has 0 fully saturated rings. The van der Waals surface area contributed by atoms with E-state index in [0.717, 1.165) is 21.0 Å². The molecule has 0 radical (unpaired) electrons. The molecule has 9 nitrogen and oxygen atoms in total. The highest BCUT2D eigenvalue weighted by molar-refractivity contribution is 7.92. The summed E-state index contributed by atoms with van der Waals surface area (Å²) in [5.41, 5.74) is 3.03. The minimum atomic E-state index is -4.29. The Kier molecular flexibility index (Phi) is 11.4. The van der Waals surface area contributed by atoms with Gasteiger partial charge in [0.1, 0.15) is 12.6 Å². The Hall–Kier alpha value is -4.83. The van der Waals surface area contributed by atoms with Crippen molar-refractivity contribution >= 4 is 27.5 Å². The zero-order valence-electron chi connectivity index (χ0n) is 26.8. The van der Waals surface area contributed by atoms with E-state index < -0.39 is 28.5 Å². The molecule has 242 valence electrons. The van der Waals surface area contributed by atoms with Crippen LogP contribution in [0.15, 0.2) is 108 Å². The van der Waals surface area contributed by atoms with E-state index in [4.69, 9.17) is 9.47 Å². The number of ether oxygens (including phenoxy) is 2. The first kappa shape index (κ1) is 34.1. The fourth-order valence-electron chi connectivity index (χ4n) is 5.05. The topological polar surface area (TPSA) is 105 Å². The summed E-state index contributed by atoms with van der Waals surface area (Å²) in [6.07, 6.45) is 0.241. The molecule has 46 heavy (non-hydrogen) atoms. The highest BCUT2D eigenvalue weighted by atomic mass is 32.2. The number of carbonyl (C=O) groups excluding carboxylic acids is 2. The molecule has 0 aliphatic heterocycles. The van der Waals surface area contributed by atoms with Crippen LogP contribution in [0.4, 0.5) is 5.69 Å². The standard InChI is InChI=1S/C36H41N3O6S/c1-26(2)37-36(41)32(22-28-12-8-6-9-13-28)38(24-29-18-16-27(3)17-19-29)35(40)25-39(30-14-10-7-11-15-30)46(42,43)31-20-21-33(44-4)34(23-31)45-5/h6-21,23,26,32H,22,24-25H2,1-5H3,(H,37,41). The van der Waals surface area contributed by atoms with Crippen molar-refractivity contribution in [3.63, 3.8) is 0 Å². The lowest BCUT2D eigenvalue weighted by Gasteiger charge is -2.34. The Morgan fingerprint density at radius 2 is 1.39 bits per heavy atom. The SMILES string of the molecule is COc1ccc(S(=O)(=O)N(CC(=O)N(Cc2ccc(C)cc2)C(Cc2ccccc2)C(=O)NC(C)C)c2ccccc2)cc1OC. The smallest absolute Gasteiger partial charge is 0.264 e. The van der Waals surface area contributed by atoms with Crippen molar-refractivity contribution in [1.82, 2.24) is 10.2 Å². The molecule has 0 aliphatic carbocycles. The van der Waals surface area contributed by atoms with Crippen molar-refractivity contribution in [3.8, 4) is 11.5 Å². The number of hydrogen-bond donors (Lipinski definition) is 1. The first-order valence-electron chi connectivity index (χ1n) is 15.0. The van der Waals surface area contributed by atoms with Crippen LogP contribution in [-0.2, 0) is 32.6 Å². The second kappa shape index (κ2) is 15.4. The van der Waals surface area contributed by atoms with E-state index in [1.807, 2.05) is 75.4 Å². The minimum Gasteiger partial charge on any atom is -0.493 e. The van der Waals surface area contributed by atoms with Gasteiger partial charge in [-0.2, -0.15) is 0 Å². The van der Waals surface area contributed by atoms with E-state index in [1.165, 1.54) is 37.3 Å². The van der Waals surface area contributed by atoms with Crippen molar-refractivity contribution in [2.45, 2.75) is 50.7 Å². The van der Waals surface area contributed by atoms with Crippen molar-refractivity contribution < 1.29 is 27.5 Å². The fourth-order valence-corrected chi connectivity index (χ4v) is 6.48. The van der Waals surface area contributed by atoms with E-state index in [-0.39, 0.29) is 35.6 Å². The van der Waals surface area contributed by atoms with Crippen LogP contribution < -0.4 is 19.1 Å². The quantitative estimate of drug-likeness (QED) is 0.198. The summed E-state index contributed by atoms with van der Waals surface area (Å²) in [7, 11) is -1.41. The molecule has 0 spiro atoms. The first-order valence-corrected chi connectivity index (χ1v) is 16.5. The van der Waals surface area contributed by atoms with Gasteiger partial charge in [0.05, 0.1) is 24.8 Å². The molecule has 1 unspecified atom stereocenters. The largest absolute Gasteiger partial charge is 0.493 e. The van der Waals surface area contributed by atoms with Crippen LogP contribution in [0.3, 0.4) is 0 Å². The summed E-state index contributed by atoms with van der Waals surface area (Å²) in [4.78, 5) is 29.7. The van der Waals surface area contributed by atoms with E-state index in [1.54, 1.807) is 30.3 Å². The van der Waals surface area contributed by atoms with Gasteiger partial charge >= 0.3 is 0 Å². The second-order valence-electron chi connectivity index (χ2n) is 11.2. The molecular formula is C36H41N3O6S. The Bertz CT molecular complexity index is 1710. The van der Waals surface area contributed by atoms with Gasteiger partial charge in [-0.1, -0.05) is 78.4 Å². The van der Waals surface area contributed by atoms with E-state index in [2.05, 4.69) is 5.32 Å². The number of nitrogens with zero attached hydrogens (tertiary/aromatic N) is 2. The van der Waals surface area contributed by atoms with Crippen LogP contribution in [0.25, 0.3) is 0 Å². The molecule has 0 saturated heterocycles. The monoisotopic (exact) mass is 643 g/mol. The summed E-state index contributed by atoms with van der Waals surface area (Å²) >= 11 is 0. The lowest BCUT2D eigenvalue weighted by molar-refractivity contribution is -0.140. The number of sulfonamides is 1. The van der Waals surface area contributed by atoms with Gasteiger partial charge in [-0.15, -0.1) is 0 Å². The number of amides is 2. The summed E-state index contributed by atoms with van der Waals surface area (Å²) in [6.45, 7) is 5.23. The molecule has 10 heteroatoms. The van der Waals surface area contributed by atoms with Crippen LogP contribution >= 0.6 is 0 Å². The van der Waals surface area contributed by atoms with Crippen LogP contribution in [0.1, 0.15) is 30.5 Å². The molecule has 0 aliphatic rings. The number of aryl methyl sites for hydroxylation is 1. The highest BCUT2D eigenvalue weighted by Gasteiger charge is 2.35. The molecule has 2 amide bonds. The summed E-state index contributed by atoms with van der Waals surface area (Å²) in [5.74, 6) is -0.258. The third kappa shape index (κ3) is 8.45. The number of para-hydroxylation sites is 1. The predicted octanol–water partition coefficient (Wildman–Crippen LogP) is 5.37. The number of nitrogens with one attached hydrogen (secondary N) is 1. The van der Waals surface area contributed by atoms with Gasteiger partial charge in [0.25, 0.3) is 10.0 Å². The van der Waals surface area contributed by atoms with E-state index in [0.29, 0.717) is 11.4 Å². The maximum Gasteiger partial charge on any atom is 0.264 e. The molecular weight excluding hydrogens is 602 g/mol. The molecule has 0 saturated carbocycles. The molecule has 4 aromatic carbocycles. The van der Waals surface area contributed by atoms with Crippen LogP contribution in [-0.4, -0.2) is 58.0 Å². The summed E-state index contributed by atoms with van der Waals surface area (Å²) < 4.78 is 40.3. The number of benzene rings is 4. The van der Waals surface area contributed by atoms with Crippen LogP contribution in [0, 0.1) is 6.92 Å². The fraction of sp³-hybridized carbons (Fsp3) is 0.278. The maximum absolute atomic E-state index is 14.5. The number of methoxy groups -OCH3 is 2. The second-order valence-corrected chi connectivity index (χ2v) is 13.1. The van der Waals surface area contributed by atoms with Gasteiger partial charge in [0.2, 0.25) is 11.8 Å². The lowest BCUT2D eigenvalue weighted by Crippen LogP contribution is -2.54. The van der Waals surface area contributed by atoms with E-state index >= 15 is 0 Å². The minimum absolute atomic E-state index is 0.0784. The lowest BCUT2D eigenvalue weighted by atomic mass is 10.0. The van der Waals surface area contributed by atoms with Crippen molar-refractivity contribution in [2.24, 2.45) is 0 Å². The van der Waals surface area contributed by atoms with Crippen molar-refractivity contribution in [1.29, 1.82) is 0 Å². The summed E-state index contributed by atoms with van der Waals surface area (Å²) in [6, 6.07) is 28.8. The van der Waals surface area contributed by atoms with Gasteiger partial charge in [0.15, 0.2) is 11.5 Å². The number of rotatable bonds is 14. The summed E-state index contributed by atoms with van der Waals surface area (Å²) in [5, 5.41) is 2.97. The van der Waals surface area contributed by atoms with E-state index in [9.17, 15) is 18.0 Å². The van der Waals surface area contributed by atoms with Gasteiger partial charge in [-0.3, -0.25) is 13.9 Å².